The minimum Gasteiger partial charge on any atom is -0.493 e. The molecule has 3 nitrogen and oxygen atoms in total. The van der Waals surface area contributed by atoms with Gasteiger partial charge in [-0.05, 0) is 49.1 Å². The maximum absolute atomic E-state index is 13.8. The summed E-state index contributed by atoms with van der Waals surface area (Å²) in [4.78, 5) is 0. The first-order chi connectivity index (χ1) is 14.6. The summed E-state index contributed by atoms with van der Waals surface area (Å²) in [6, 6.07) is 21.1. The average molecular weight is 428 g/mol. The Morgan fingerprint density at radius 2 is 1.73 bits per heavy atom. The molecule has 0 radical (unpaired) electrons. The van der Waals surface area contributed by atoms with Crippen LogP contribution >= 0.6 is 11.6 Å². The predicted octanol–water partition coefficient (Wildman–Crippen LogP) is 6.18. The Balaban J connectivity index is 1.58. The number of methoxy groups -OCH3 is 1. The van der Waals surface area contributed by atoms with Gasteiger partial charge in [0.2, 0.25) is 0 Å². The molecule has 0 saturated heterocycles. The second-order valence-corrected chi connectivity index (χ2v) is 7.70. The fourth-order valence-electron chi connectivity index (χ4n) is 3.20. The minimum atomic E-state index is -0.308. The Morgan fingerprint density at radius 1 is 1.00 bits per heavy atom. The van der Waals surface area contributed by atoms with Crippen LogP contribution in [0.15, 0.2) is 66.7 Å². The lowest BCUT2D eigenvalue weighted by Crippen LogP contribution is -2.26. The molecule has 30 heavy (non-hydrogen) atoms. The van der Waals surface area contributed by atoms with E-state index in [4.69, 9.17) is 21.1 Å². The van der Waals surface area contributed by atoms with E-state index in [-0.39, 0.29) is 12.4 Å². The molecule has 0 amide bonds. The predicted molar refractivity (Wildman–Crippen MR) is 120 cm³/mol. The second kappa shape index (κ2) is 11.0. The molecule has 3 aromatic carbocycles. The summed E-state index contributed by atoms with van der Waals surface area (Å²) in [6.45, 7) is 2.92. The van der Waals surface area contributed by atoms with Gasteiger partial charge in [0.15, 0.2) is 11.5 Å². The highest BCUT2D eigenvalue weighted by Gasteiger charge is 2.14. The molecule has 0 heterocycles. The lowest BCUT2D eigenvalue weighted by molar-refractivity contribution is 0.279. The molecule has 3 aromatic rings. The lowest BCUT2D eigenvalue weighted by atomic mass is 10.1. The Kier molecular flexibility index (Phi) is 8.12. The molecule has 5 heteroatoms. The summed E-state index contributed by atoms with van der Waals surface area (Å²) in [6.07, 6.45) is 2.07. The molecule has 1 atom stereocenters. The number of benzene rings is 3. The lowest BCUT2D eigenvalue weighted by Gasteiger charge is -2.17. The van der Waals surface area contributed by atoms with Gasteiger partial charge in [-0.15, -0.1) is 0 Å². The molecule has 0 aliphatic carbocycles. The van der Waals surface area contributed by atoms with Crippen molar-refractivity contribution in [1.82, 2.24) is 5.32 Å². The number of hydrogen-bond acceptors (Lipinski definition) is 3. The zero-order chi connectivity index (χ0) is 21.3. The summed E-state index contributed by atoms with van der Waals surface area (Å²) in [5, 5.41) is 3.97. The van der Waals surface area contributed by atoms with E-state index < -0.39 is 0 Å². The minimum absolute atomic E-state index is 0.0802. The molecule has 0 aliphatic rings. The van der Waals surface area contributed by atoms with Crippen LogP contribution < -0.4 is 14.8 Å². The maximum Gasteiger partial charge on any atom is 0.180 e. The van der Waals surface area contributed by atoms with Gasteiger partial charge in [-0.25, -0.2) is 4.39 Å². The number of nitrogens with one attached hydrogen (secondary N) is 1. The van der Waals surface area contributed by atoms with E-state index in [9.17, 15) is 4.39 Å². The number of aryl methyl sites for hydroxylation is 1. The number of halogens is 2. The van der Waals surface area contributed by atoms with Crippen LogP contribution in [0.25, 0.3) is 0 Å². The number of rotatable bonds is 10. The van der Waals surface area contributed by atoms with Gasteiger partial charge in [0, 0.05) is 18.2 Å². The number of hydrogen-bond donors (Lipinski definition) is 1. The van der Waals surface area contributed by atoms with Crippen molar-refractivity contribution in [3.8, 4) is 11.5 Å². The Labute approximate surface area is 182 Å². The SMILES string of the molecule is COc1cc(CNC(C)CCc2ccccc2)cc(Cl)c1OCc1ccccc1F. The van der Waals surface area contributed by atoms with Gasteiger partial charge in [-0.2, -0.15) is 0 Å². The first-order valence-electron chi connectivity index (χ1n) is 10.1. The maximum atomic E-state index is 13.8. The third-order valence-electron chi connectivity index (χ3n) is 4.98. The van der Waals surface area contributed by atoms with E-state index in [1.165, 1.54) is 11.6 Å². The fourth-order valence-corrected chi connectivity index (χ4v) is 3.49. The van der Waals surface area contributed by atoms with Crippen LogP contribution in [0.1, 0.15) is 30.0 Å². The monoisotopic (exact) mass is 427 g/mol. The second-order valence-electron chi connectivity index (χ2n) is 7.30. The normalized spacial score (nSPS) is 11.9. The third-order valence-corrected chi connectivity index (χ3v) is 5.26. The Hall–Kier alpha value is -2.56. The van der Waals surface area contributed by atoms with E-state index in [0.29, 0.717) is 34.7 Å². The van der Waals surface area contributed by atoms with Gasteiger partial charge in [-0.1, -0.05) is 60.1 Å². The molecule has 0 fully saturated rings. The molecule has 1 N–H and O–H groups in total. The van der Waals surface area contributed by atoms with E-state index in [1.54, 1.807) is 25.3 Å². The zero-order valence-electron chi connectivity index (χ0n) is 17.3. The van der Waals surface area contributed by atoms with Crippen molar-refractivity contribution in [2.75, 3.05) is 7.11 Å². The Bertz CT molecular complexity index is 949. The van der Waals surface area contributed by atoms with Crippen LogP contribution in [0, 0.1) is 5.82 Å². The molecular weight excluding hydrogens is 401 g/mol. The quantitative estimate of drug-likeness (QED) is 0.419. The van der Waals surface area contributed by atoms with Crippen LogP contribution in [-0.4, -0.2) is 13.2 Å². The highest BCUT2D eigenvalue weighted by molar-refractivity contribution is 6.32. The van der Waals surface area contributed by atoms with E-state index in [0.717, 1.165) is 18.4 Å². The van der Waals surface area contributed by atoms with Gasteiger partial charge < -0.3 is 14.8 Å². The molecule has 0 spiro atoms. The highest BCUT2D eigenvalue weighted by atomic mass is 35.5. The molecule has 158 valence electrons. The van der Waals surface area contributed by atoms with Crippen molar-refractivity contribution < 1.29 is 13.9 Å². The van der Waals surface area contributed by atoms with Crippen LogP contribution in [0.4, 0.5) is 4.39 Å². The molecule has 3 rings (SSSR count). The third kappa shape index (κ3) is 6.22. The van der Waals surface area contributed by atoms with Crippen molar-refractivity contribution in [1.29, 1.82) is 0 Å². The summed E-state index contributed by atoms with van der Waals surface area (Å²) in [5.41, 5.74) is 2.81. The standard InChI is InChI=1S/C25H27ClFNO2/c1-18(12-13-19-8-4-3-5-9-19)28-16-20-14-22(26)25(24(15-20)29-2)30-17-21-10-6-7-11-23(21)27/h3-11,14-15,18,28H,12-13,16-17H2,1-2H3. The van der Waals surface area contributed by atoms with E-state index in [1.807, 2.05) is 18.2 Å². The zero-order valence-corrected chi connectivity index (χ0v) is 18.1. The first-order valence-corrected chi connectivity index (χ1v) is 10.4. The van der Waals surface area contributed by atoms with Gasteiger partial charge >= 0.3 is 0 Å². The van der Waals surface area contributed by atoms with Crippen molar-refractivity contribution in [2.24, 2.45) is 0 Å². The van der Waals surface area contributed by atoms with Gasteiger partial charge in [-0.3, -0.25) is 0 Å². The molecule has 0 saturated carbocycles. The van der Waals surface area contributed by atoms with Crippen LogP contribution in [0.3, 0.4) is 0 Å². The van der Waals surface area contributed by atoms with Gasteiger partial charge in [0.05, 0.1) is 12.1 Å². The summed E-state index contributed by atoms with van der Waals surface area (Å²) in [5.74, 6) is 0.647. The van der Waals surface area contributed by atoms with Crippen LogP contribution in [-0.2, 0) is 19.6 Å². The van der Waals surface area contributed by atoms with Crippen molar-refractivity contribution in [3.63, 3.8) is 0 Å². The van der Waals surface area contributed by atoms with Crippen LogP contribution in [0.2, 0.25) is 5.02 Å². The van der Waals surface area contributed by atoms with E-state index >= 15 is 0 Å². The van der Waals surface area contributed by atoms with Gasteiger partial charge in [0.25, 0.3) is 0 Å². The fraction of sp³-hybridized carbons (Fsp3) is 0.280. The molecule has 0 aliphatic heterocycles. The van der Waals surface area contributed by atoms with Gasteiger partial charge in [0.1, 0.15) is 12.4 Å². The Morgan fingerprint density at radius 3 is 2.47 bits per heavy atom. The first kappa shape index (κ1) is 22.1. The molecular formula is C25H27ClFNO2. The number of ether oxygens (including phenoxy) is 2. The van der Waals surface area contributed by atoms with E-state index in [2.05, 4.69) is 36.5 Å². The van der Waals surface area contributed by atoms with Crippen LogP contribution in [0.5, 0.6) is 11.5 Å². The smallest absolute Gasteiger partial charge is 0.180 e. The average Bonchev–Trinajstić information content (AvgIpc) is 2.77. The van der Waals surface area contributed by atoms with Crippen molar-refractivity contribution in [3.05, 3.63) is 94.3 Å². The summed E-state index contributed by atoms with van der Waals surface area (Å²) >= 11 is 6.45. The molecule has 0 bridgehead atoms. The largest absolute Gasteiger partial charge is 0.493 e. The molecule has 1 unspecified atom stereocenters. The highest BCUT2D eigenvalue weighted by Crippen LogP contribution is 2.37. The summed E-state index contributed by atoms with van der Waals surface area (Å²) < 4.78 is 25.1. The van der Waals surface area contributed by atoms with Crippen molar-refractivity contribution in [2.45, 2.75) is 39.0 Å². The molecule has 0 aromatic heterocycles. The van der Waals surface area contributed by atoms with Crippen molar-refractivity contribution >= 4 is 11.6 Å². The topological polar surface area (TPSA) is 30.5 Å². The summed E-state index contributed by atoms with van der Waals surface area (Å²) in [7, 11) is 1.57.